The second-order valence-corrected chi connectivity index (χ2v) is 4.69. The van der Waals surface area contributed by atoms with E-state index in [9.17, 15) is 14.4 Å². The summed E-state index contributed by atoms with van der Waals surface area (Å²) in [4.78, 5) is 33.8. The molecule has 1 aliphatic rings. The SMILES string of the molecule is O=C1CN(NC(=O)Cc2ccc(Br)cc2)C(=O)N1. The number of hydrogen-bond donors (Lipinski definition) is 2. The van der Waals surface area contributed by atoms with Crippen molar-refractivity contribution >= 4 is 33.8 Å². The fourth-order valence-electron chi connectivity index (χ4n) is 1.51. The summed E-state index contributed by atoms with van der Waals surface area (Å²) in [6, 6.07) is 6.66. The third-order valence-corrected chi connectivity index (χ3v) is 2.86. The first-order chi connectivity index (χ1) is 8.54. The van der Waals surface area contributed by atoms with Crippen molar-refractivity contribution in [2.45, 2.75) is 6.42 Å². The highest BCUT2D eigenvalue weighted by molar-refractivity contribution is 9.10. The van der Waals surface area contributed by atoms with Crippen LogP contribution in [-0.2, 0) is 16.0 Å². The van der Waals surface area contributed by atoms with Gasteiger partial charge in [-0.3, -0.25) is 20.3 Å². The minimum atomic E-state index is -0.607. The molecular formula is C11H10BrN3O3. The smallest absolute Gasteiger partial charge is 0.275 e. The van der Waals surface area contributed by atoms with Gasteiger partial charge in [-0.1, -0.05) is 28.1 Å². The number of hydrazine groups is 1. The van der Waals surface area contributed by atoms with Crippen molar-refractivity contribution in [2.24, 2.45) is 0 Å². The molecule has 0 unspecified atom stereocenters. The van der Waals surface area contributed by atoms with Gasteiger partial charge in [-0.05, 0) is 17.7 Å². The third kappa shape index (κ3) is 3.07. The van der Waals surface area contributed by atoms with Gasteiger partial charge in [0.1, 0.15) is 6.54 Å². The summed E-state index contributed by atoms with van der Waals surface area (Å²) < 4.78 is 0.927. The molecule has 0 aliphatic carbocycles. The fourth-order valence-corrected chi connectivity index (χ4v) is 1.77. The Hall–Kier alpha value is -1.89. The summed E-state index contributed by atoms with van der Waals surface area (Å²) in [5.74, 6) is -0.772. The second-order valence-electron chi connectivity index (χ2n) is 3.78. The first-order valence-electron chi connectivity index (χ1n) is 5.20. The van der Waals surface area contributed by atoms with Gasteiger partial charge in [0.05, 0.1) is 6.42 Å². The second kappa shape index (κ2) is 5.18. The van der Waals surface area contributed by atoms with Gasteiger partial charge in [0.25, 0.3) is 0 Å². The molecule has 0 spiro atoms. The average Bonchev–Trinajstić information content (AvgIpc) is 2.61. The maximum atomic E-state index is 11.6. The van der Waals surface area contributed by atoms with E-state index in [4.69, 9.17) is 0 Å². The molecule has 4 amide bonds. The van der Waals surface area contributed by atoms with Crippen LogP contribution >= 0.6 is 15.9 Å². The summed E-state index contributed by atoms with van der Waals surface area (Å²) in [6.07, 6.45) is 0.144. The van der Waals surface area contributed by atoms with Crippen LogP contribution in [0.3, 0.4) is 0 Å². The van der Waals surface area contributed by atoms with E-state index in [0.717, 1.165) is 15.0 Å². The van der Waals surface area contributed by atoms with Crippen molar-refractivity contribution in [3.63, 3.8) is 0 Å². The Morgan fingerprint density at radius 1 is 1.33 bits per heavy atom. The molecule has 94 valence electrons. The molecule has 18 heavy (non-hydrogen) atoms. The van der Waals surface area contributed by atoms with Crippen LogP contribution in [0.15, 0.2) is 28.7 Å². The highest BCUT2D eigenvalue weighted by Crippen LogP contribution is 2.10. The molecule has 6 nitrogen and oxygen atoms in total. The third-order valence-electron chi connectivity index (χ3n) is 2.33. The average molecular weight is 312 g/mol. The monoisotopic (exact) mass is 311 g/mol. The predicted molar refractivity (Wildman–Crippen MR) is 66.2 cm³/mol. The zero-order chi connectivity index (χ0) is 13.1. The number of halogens is 1. The standard InChI is InChI=1S/C11H10BrN3O3/c12-8-3-1-7(2-4-8)5-9(16)14-15-6-10(17)13-11(15)18/h1-4H,5-6H2,(H,14,16)(H,13,17,18). The van der Waals surface area contributed by atoms with E-state index in [1.165, 1.54) is 0 Å². The van der Waals surface area contributed by atoms with Gasteiger partial charge in [-0.25, -0.2) is 9.80 Å². The molecule has 0 atom stereocenters. The minimum absolute atomic E-state index is 0.144. The number of imide groups is 1. The number of carbonyl (C=O) groups excluding carboxylic acids is 3. The normalized spacial score (nSPS) is 14.6. The molecule has 2 rings (SSSR count). The summed E-state index contributed by atoms with van der Waals surface area (Å²) in [5, 5.41) is 3.03. The fraction of sp³-hybridized carbons (Fsp3) is 0.182. The molecule has 1 fully saturated rings. The lowest BCUT2D eigenvalue weighted by Gasteiger charge is -2.14. The van der Waals surface area contributed by atoms with Gasteiger partial charge in [0.2, 0.25) is 11.8 Å². The van der Waals surface area contributed by atoms with Gasteiger partial charge in [0, 0.05) is 4.47 Å². The van der Waals surface area contributed by atoms with Crippen molar-refractivity contribution in [3.8, 4) is 0 Å². The number of nitrogens with one attached hydrogen (secondary N) is 2. The number of urea groups is 1. The van der Waals surface area contributed by atoms with Crippen LogP contribution < -0.4 is 10.7 Å². The summed E-state index contributed by atoms with van der Waals surface area (Å²) in [5.41, 5.74) is 3.19. The number of benzene rings is 1. The van der Waals surface area contributed by atoms with E-state index in [1.807, 2.05) is 12.1 Å². The molecule has 0 radical (unpaired) electrons. The molecule has 0 saturated carbocycles. The Labute approximate surface area is 111 Å². The van der Waals surface area contributed by atoms with Crippen molar-refractivity contribution in [1.82, 2.24) is 15.8 Å². The Balaban J connectivity index is 1.91. The molecular weight excluding hydrogens is 302 g/mol. The highest BCUT2D eigenvalue weighted by Gasteiger charge is 2.27. The van der Waals surface area contributed by atoms with E-state index in [1.54, 1.807) is 12.1 Å². The quantitative estimate of drug-likeness (QED) is 0.801. The molecule has 1 saturated heterocycles. The largest absolute Gasteiger partial charge is 0.343 e. The number of nitrogens with zero attached hydrogens (tertiary/aromatic N) is 1. The Morgan fingerprint density at radius 3 is 2.56 bits per heavy atom. The lowest BCUT2D eigenvalue weighted by molar-refractivity contribution is -0.124. The first kappa shape index (κ1) is 12.6. The van der Waals surface area contributed by atoms with Crippen LogP contribution in [0, 0.1) is 0 Å². The zero-order valence-corrected chi connectivity index (χ0v) is 10.9. The van der Waals surface area contributed by atoms with E-state index in [0.29, 0.717) is 0 Å². The van der Waals surface area contributed by atoms with E-state index < -0.39 is 11.9 Å². The molecule has 0 bridgehead atoms. The van der Waals surface area contributed by atoms with Gasteiger partial charge in [-0.2, -0.15) is 0 Å². The van der Waals surface area contributed by atoms with Crippen LogP contribution in [0.2, 0.25) is 0 Å². The van der Waals surface area contributed by atoms with Crippen molar-refractivity contribution in [3.05, 3.63) is 34.3 Å². The van der Waals surface area contributed by atoms with E-state index >= 15 is 0 Å². The Morgan fingerprint density at radius 2 is 2.00 bits per heavy atom. The molecule has 0 aromatic heterocycles. The molecule has 2 N–H and O–H groups in total. The van der Waals surface area contributed by atoms with Crippen molar-refractivity contribution in [1.29, 1.82) is 0 Å². The topological polar surface area (TPSA) is 78.5 Å². The van der Waals surface area contributed by atoms with Crippen LogP contribution in [0.25, 0.3) is 0 Å². The van der Waals surface area contributed by atoms with E-state index in [2.05, 4.69) is 26.7 Å². The van der Waals surface area contributed by atoms with Crippen LogP contribution in [0.4, 0.5) is 4.79 Å². The lowest BCUT2D eigenvalue weighted by Crippen LogP contribution is -2.44. The number of rotatable bonds is 3. The Bertz CT molecular complexity index is 501. The molecule has 1 heterocycles. The molecule has 1 aromatic rings. The number of hydrogen-bond acceptors (Lipinski definition) is 3. The molecule has 7 heteroatoms. The zero-order valence-electron chi connectivity index (χ0n) is 9.27. The highest BCUT2D eigenvalue weighted by atomic mass is 79.9. The van der Waals surface area contributed by atoms with E-state index in [-0.39, 0.29) is 18.9 Å². The Kier molecular flexibility index (Phi) is 3.61. The van der Waals surface area contributed by atoms with Crippen LogP contribution in [-0.4, -0.2) is 29.4 Å². The summed E-state index contributed by atoms with van der Waals surface area (Å²) >= 11 is 3.30. The summed E-state index contributed by atoms with van der Waals surface area (Å²) in [7, 11) is 0. The van der Waals surface area contributed by atoms with Gasteiger partial charge >= 0.3 is 6.03 Å². The predicted octanol–water partition coefficient (Wildman–Crippen LogP) is 0.575. The van der Waals surface area contributed by atoms with Gasteiger partial charge in [0.15, 0.2) is 0 Å². The minimum Gasteiger partial charge on any atom is -0.275 e. The van der Waals surface area contributed by atoms with Crippen molar-refractivity contribution < 1.29 is 14.4 Å². The molecule has 1 aromatic carbocycles. The number of carbonyl (C=O) groups is 3. The van der Waals surface area contributed by atoms with Crippen LogP contribution in [0.1, 0.15) is 5.56 Å². The maximum absolute atomic E-state index is 11.6. The van der Waals surface area contributed by atoms with Crippen LogP contribution in [0.5, 0.6) is 0 Å². The lowest BCUT2D eigenvalue weighted by atomic mass is 10.1. The number of amides is 4. The summed E-state index contributed by atoms with van der Waals surface area (Å²) in [6.45, 7) is -0.148. The van der Waals surface area contributed by atoms with Gasteiger partial charge in [-0.15, -0.1) is 0 Å². The van der Waals surface area contributed by atoms with Gasteiger partial charge < -0.3 is 0 Å². The van der Waals surface area contributed by atoms with Crippen molar-refractivity contribution in [2.75, 3.05) is 6.54 Å². The maximum Gasteiger partial charge on any atom is 0.343 e. The molecule has 1 aliphatic heterocycles. The first-order valence-corrected chi connectivity index (χ1v) is 5.99.